The van der Waals surface area contributed by atoms with Crippen molar-refractivity contribution in [3.63, 3.8) is 0 Å². The molecule has 5 nitrogen and oxygen atoms in total. The Morgan fingerprint density at radius 3 is 2.72 bits per heavy atom. The molecule has 0 radical (unpaired) electrons. The smallest absolute Gasteiger partial charge is 0.191 e. The zero-order valence-electron chi connectivity index (χ0n) is 13.5. The van der Waals surface area contributed by atoms with Gasteiger partial charge < -0.3 is 4.74 Å². The molecular formula is C18H17FN4OS. The van der Waals surface area contributed by atoms with Crippen LogP contribution in [0.1, 0.15) is 18.9 Å². The predicted octanol–water partition coefficient (Wildman–Crippen LogP) is 3.99. The molecule has 0 amide bonds. The van der Waals surface area contributed by atoms with E-state index in [4.69, 9.17) is 4.74 Å². The van der Waals surface area contributed by atoms with Gasteiger partial charge in [-0.05, 0) is 49.2 Å². The highest BCUT2D eigenvalue weighted by molar-refractivity contribution is 7.99. The van der Waals surface area contributed by atoms with Crippen LogP contribution in [0.25, 0.3) is 11.4 Å². The number of halogens is 1. The third-order valence-electron chi connectivity index (χ3n) is 3.89. The molecule has 4 rings (SSSR count). The van der Waals surface area contributed by atoms with Gasteiger partial charge in [0, 0.05) is 29.8 Å². The van der Waals surface area contributed by atoms with Crippen LogP contribution in [0.5, 0.6) is 5.75 Å². The Labute approximate surface area is 149 Å². The molecule has 0 N–H and O–H groups in total. The molecule has 0 bridgehead atoms. The maximum Gasteiger partial charge on any atom is 0.191 e. The van der Waals surface area contributed by atoms with Gasteiger partial charge >= 0.3 is 0 Å². The van der Waals surface area contributed by atoms with E-state index in [2.05, 4.69) is 19.7 Å². The number of aromatic nitrogens is 4. The number of pyridine rings is 1. The Morgan fingerprint density at radius 2 is 2.00 bits per heavy atom. The molecule has 1 aliphatic rings. The maximum absolute atomic E-state index is 12.9. The van der Waals surface area contributed by atoms with Gasteiger partial charge in [-0.1, -0.05) is 11.8 Å². The topological polar surface area (TPSA) is 52.8 Å². The van der Waals surface area contributed by atoms with Crippen LogP contribution in [0, 0.1) is 5.82 Å². The van der Waals surface area contributed by atoms with Crippen LogP contribution in [-0.4, -0.2) is 32.1 Å². The van der Waals surface area contributed by atoms with E-state index < -0.39 is 0 Å². The molecule has 2 heterocycles. The number of hydrogen-bond donors (Lipinski definition) is 0. The summed E-state index contributed by atoms with van der Waals surface area (Å²) in [5.74, 6) is 2.02. The van der Waals surface area contributed by atoms with E-state index in [1.807, 2.05) is 18.3 Å². The Hall–Kier alpha value is -2.41. The number of thioether (sulfide) groups is 1. The molecule has 1 aromatic carbocycles. The normalized spacial score (nSPS) is 13.8. The van der Waals surface area contributed by atoms with Crippen molar-refractivity contribution in [2.45, 2.75) is 24.0 Å². The monoisotopic (exact) mass is 356 g/mol. The van der Waals surface area contributed by atoms with E-state index in [-0.39, 0.29) is 5.82 Å². The van der Waals surface area contributed by atoms with Crippen molar-refractivity contribution in [2.75, 3.05) is 12.4 Å². The fraction of sp³-hybridized carbons (Fsp3) is 0.278. The lowest BCUT2D eigenvalue weighted by atomic mass is 10.3. The van der Waals surface area contributed by atoms with Gasteiger partial charge in [0.1, 0.15) is 11.6 Å². The SMILES string of the molecule is Fc1ccc(OCCSc2nnc(-c3cccnc3)n2C2CC2)cc1. The predicted molar refractivity (Wildman–Crippen MR) is 94.1 cm³/mol. The number of hydrogen-bond acceptors (Lipinski definition) is 5. The van der Waals surface area contributed by atoms with Crippen molar-refractivity contribution in [2.24, 2.45) is 0 Å². The van der Waals surface area contributed by atoms with Crippen LogP contribution in [-0.2, 0) is 0 Å². The van der Waals surface area contributed by atoms with Crippen molar-refractivity contribution in [3.8, 4) is 17.1 Å². The van der Waals surface area contributed by atoms with Gasteiger partial charge in [-0.15, -0.1) is 10.2 Å². The van der Waals surface area contributed by atoms with E-state index in [1.54, 1.807) is 30.1 Å². The minimum absolute atomic E-state index is 0.262. The molecule has 7 heteroatoms. The number of rotatable bonds is 7. The number of nitrogens with zero attached hydrogens (tertiary/aromatic N) is 4. The lowest BCUT2D eigenvalue weighted by Gasteiger charge is -2.09. The second-order valence-corrected chi connectivity index (χ2v) is 6.86. The first-order chi connectivity index (χ1) is 12.3. The molecule has 1 aliphatic carbocycles. The molecule has 0 spiro atoms. The minimum Gasteiger partial charge on any atom is -0.493 e. The zero-order valence-corrected chi connectivity index (χ0v) is 14.3. The van der Waals surface area contributed by atoms with Crippen molar-refractivity contribution >= 4 is 11.8 Å². The van der Waals surface area contributed by atoms with E-state index in [9.17, 15) is 4.39 Å². The molecular weight excluding hydrogens is 339 g/mol. The summed E-state index contributed by atoms with van der Waals surface area (Å²) in [6.45, 7) is 0.524. The van der Waals surface area contributed by atoms with Crippen LogP contribution in [0.3, 0.4) is 0 Å². The second-order valence-electron chi connectivity index (χ2n) is 5.80. The number of benzene rings is 1. The summed E-state index contributed by atoms with van der Waals surface area (Å²) in [5, 5.41) is 9.62. The molecule has 0 saturated heterocycles. The van der Waals surface area contributed by atoms with Crippen LogP contribution in [0.2, 0.25) is 0 Å². The van der Waals surface area contributed by atoms with Gasteiger partial charge in [-0.25, -0.2) is 4.39 Å². The van der Waals surface area contributed by atoms with Gasteiger partial charge in [0.2, 0.25) is 0 Å². The second kappa shape index (κ2) is 7.23. The lowest BCUT2D eigenvalue weighted by Crippen LogP contribution is -2.03. The van der Waals surface area contributed by atoms with Crippen molar-refractivity contribution < 1.29 is 9.13 Å². The summed E-state index contributed by atoms with van der Waals surface area (Å²) in [6, 6.07) is 10.4. The largest absolute Gasteiger partial charge is 0.493 e. The lowest BCUT2D eigenvalue weighted by molar-refractivity contribution is 0.343. The average Bonchev–Trinajstić information content (AvgIpc) is 3.40. The first kappa shape index (κ1) is 16.1. The minimum atomic E-state index is -0.262. The van der Waals surface area contributed by atoms with Crippen molar-refractivity contribution in [1.82, 2.24) is 19.7 Å². The summed E-state index contributed by atoms with van der Waals surface area (Å²) < 4.78 is 20.7. The van der Waals surface area contributed by atoms with Crippen LogP contribution >= 0.6 is 11.8 Å². The van der Waals surface area contributed by atoms with Gasteiger partial charge in [0.05, 0.1) is 6.61 Å². The van der Waals surface area contributed by atoms with Gasteiger partial charge in [0.15, 0.2) is 11.0 Å². The standard InChI is InChI=1S/C18H17FN4OS/c19-14-3-7-16(8-4-14)24-10-11-25-18-22-21-17(23(18)15-5-6-15)13-2-1-9-20-12-13/h1-4,7-9,12,15H,5-6,10-11H2. The molecule has 0 unspecified atom stereocenters. The summed E-state index contributed by atoms with van der Waals surface area (Å²) >= 11 is 1.62. The van der Waals surface area contributed by atoms with Crippen molar-refractivity contribution in [1.29, 1.82) is 0 Å². The van der Waals surface area contributed by atoms with Gasteiger partial charge in [-0.3, -0.25) is 9.55 Å². The number of ether oxygens (including phenoxy) is 1. The van der Waals surface area contributed by atoms with Gasteiger partial charge in [0.25, 0.3) is 0 Å². The van der Waals surface area contributed by atoms with Crippen LogP contribution < -0.4 is 4.74 Å². The molecule has 1 fully saturated rings. The zero-order chi connectivity index (χ0) is 17.1. The van der Waals surface area contributed by atoms with Crippen molar-refractivity contribution in [3.05, 3.63) is 54.6 Å². The van der Waals surface area contributed by atoms with E-state index >= 15 is 0 Å². The van der Waals surface area contributed by atoms with E-state index in [0.29, 0.717) is 18.4 Å². The Balaban J connectivity index is 1.41. The van der Waals surface area contributed by atoms with Gasteiger partial charge in [-0.2, -0.15) is 0 Å². The molecule has 3 aromatic rings. The molecule has 25 heavy (non-hydrogen) atoms. The average molecular weight is 356 g/mol. The fourth-order valence-electron chi connectivity index (χ4n) is 2.55. The van der Waals surface area contributed by atoms with E-state index in [0.717, 1.165) is 35.1 Å². The quantitative estimate of drug-likeness (QED) is 0.473. The molecule has 0 aliphatic heterocycles. The Morgan fingerprint density at radius 1 is 1.16 bits per heavy atom. The fourth-order valence-corrected chi connectivity index (χ4v) is 3.37. The third-order valence-corrected chi connectivity index (χ3v) is 4.80. The van der Waals surface area contributed by atoms with Crippen LogP contribution in [0.4, 0.5) is 4.39 Å². The maximum atomic E-state index is 12.9. The summed E-state index contributed by atoms with van der Waals surface area (Å²) in [5.41, 5.74) is 0.983. The Kier molecular flexibility index (Phi) is 4.65. The first-order valence-electron chi connectivity index (χ1n) is 8.18. The van der Waals surface area contributed by atoms with E-state index in [1.165, 1.54) is 12.1 Å². The first-order valence-corrected chi connectivity index (χ1v) is 9.16. The molecule has 2 aromatic heterocycles. The summed E-state index contributed by atoms with van der Waals surface area (Å²) in [6.07, 6.45) is 5.88. The molecule has 0 atom stereocenters. The third kappa shape index (κ3) is 3.82. The summed E-state index contributed by atoms with van der Waals surface area (Å²) in [4.78, 5) is 4.17. The molecule has 1 saturated carbocycles. The molecule has 128 valence electrons. The van der Waals surface area contributed by atoms with Crippen LogP contribution in [0.15, 0.2) is 53.9 Å². The summed E-state index contributed by atoms with van der Waals surface area (Å²) in [7, 11) is 0. The highest BCUT2D eigenvalue weighted by Gasteiger charge is 2.30. The Bertz CT molecular complexity index is 834. The highest BCUT2D eigenvalue weighted by Crippen LogP contribution is 2.40. The highest BCUT2D eigenvalue weighted by atomic mass is 32.2.